The zero-order chi connectivity index (χ0) is 81.8. The summed E-state index contributed by atoms with van der Waals surface area (Å²) in [6.07, 6.45) is 1.04. The number of nitrogens with one attached hydrogen (secondary N) is 2. The molecule has 6 heterocycles. The molecule has 0 fully saturated rings. The zero-order valence-corrected chi connectivity index (χ0v) is 67.7. The summed E-state index contributed by atoms with van der Waals surface area (Å²) in [7, 11) is 0. The zero-order valence-electron chi connectivity index (χ0n) is 66.8. The first-order valence-electron chi connectivity index (χ1n) is 41.2. The predicted octanol–water partition coefficient (Wildman–Crippen LogP) is 31.8. The fourth-order valence-electron chi connectivity index (χ4n) is 16.5. The van der Waals surface area contributed by atoms with Gasteiger partial charge in [-0.2, -0.15) is 0 Å². The van der Waals surface area contributed by atoms with Gasteiger partial charge in [-0.1, -0.05) is 388 Å². The normalized spacial score (nSPS) is 11.4. The first-order chi connectivity index (χ1) is 60.4. The van der Waals surface area contributed by atoms with Gasteiger partial charge < -0.3 is 23.9 Å². The molecule has 0 bridgehead atoms. The molecule has 26 rings (SSSR count). The number of benzene rings is 20. The molecule has 24 aromatic rings. The van der Waals surface area contributed by atoms with Crippen molar-refractivity contribution in [3.05, 3.63) is 488 Å². The maximum absolute atomic E-state index is 11.6. The molecule has 2 aliphatic heterocycles. The number of H-pyrrole nitrogens is 1. The van der Waals surface area contributed by atoms with Gasteiger partial charge in [0.2, 0.25) is 0 Å². The van der Waals surface area contributed by atoms with Gasteiger partial charge in [-0.25, -0.2) is 4.79 Å². The van der Waals surface area contributed by atoms with Crippen LogP contribution in [0.5, 0.6) is 5.75 Å². The monoisotopic (exact) mass is 1590 g/mol. The van der Waals surface area contributed by atoms with Crippen molar-refractivity contribution in [2.24, 2.45) is 0 Å². The number of aromatic nitrogens is 1. The van der Waals surface area contributed by atoms with Gasteiger partial charge in [0.05, 0.1) is 5.39 Å². The lowest BCUT2D eigenvalue weighted by molar-refractivity contribution is 0.302. The van der Waals surface area contributed by atoms with E-state index < -0.39 is 0 Å². The van der Waals surface area contributed by atoms with Gasteiger partial charge >= 0.3 is 5.63 Å². The third kappa shape index (κ3) is 16.4. The van der Waals surface area contributed by atoms with E-state index in [2.05, 4.69) is 374 Å². The van der Waals surface area contributed by atoms with Crippen LogP contribution in [0.25, 0.3) is 162 Å². The third-order valence-corrected chi connectivity index (χ3v) is 23.6. The Morgan fingerprint density at radius 2 is 0.689 bits per heavy atom. The smallest absolute Gasteiger partial charge is 0.344 e. The van der Waals surface area contributed by atoms with E-state index in [4.69, 9.17) is 13.6 Å². The Morgan fingerprint density at radius 1 is 0.246 bits per heavy atom. The van der Waals surface area contributed by atoms with Crippen LogP contribution in [0.3, 0.4) is 0 Å². The van der Waals surface area contributed by atoms with E-state index in [0.29, 0.717) is 17.6 Å². The van der Waals surface area contributed by atoms with Crippen LogP contribution in [0.1, 0.15) is 16.7 Å². The van der Waals surface area contributed by atoms with E-state index in [-0.39, 0.29) is 5.63 Å². The molecule has 0 radical (unpaired) electrons. The van der Waals surface area contributed by atoms with Crippen LogP contribution in [0, 0.1) is 0 Å². The summed E-state index contributed by atoms with van der Waals surface area (Å²) in [5.41, 5.74) is 18.8. The minimum atomic E-state index is -0.274. The molecule has 0 saturated heterocycles. The number of thiophene rings is 1. The fourth-order valence-corrected chi connectivity index (χ4v) is 17.6. The lowest BCUT2D eigenvalue weighted by Crippen LogP contribution is -2.05. The average molecular weight is 1590 g/mol. The molecule has 4 aromatic heterocycles. The van der Waals surface area contributed by atoms with Crippen molar-refractivity contribution in [2.45, 2.75) is 13.0 Å². The number of hydrogen-bond acceptors (Lipinski definition) is 6. The van der Waals surface area contributed by atoms with Crippen LogP contribution in [-0.4, -0.2) is 4.98 Å². The van der Waals surface area contributed by atoms with Gasteiger partial charge in [0.15, 0.2) is 0 Å². The minimum Gasteiger partial charge on any atom is -0.488 e. The molecule has 0 amide bonds. The van der Waals surface area contributed by atoms with Crippen molar-refractivity contribution in [1.82, 2.24) is 4.98 Å². The summed E-state index contributed by atoms with van der Waals surface area (Å²) in [6, 6.07) is 159. The summed E-state index contributed by atoms with van der Waals surface area (Å²) in [5, 5.41) is 24.2. The van der Waals surface area contributed by atoms with Crippen molar-refractivity contribution >= 4 is 151 Å². The van der Waals surface area contributed by atoms with Gasteiger partial charge in [0.1, 0.15) is 29.1 Å². The molecule has 582 valence electrons. The van der Waals surface area contributed by atoms with Crippen molar-refractivity contribution in [3.8, 4) is 39.1 Å². The Morgan fingerprint density at radius 3 is 1.34 bits per heavy atom. The van der Waals surface area contributed by atoms with Gasteiger partial charge in [-0.15, -0.1) is 11.3 Å². The van der Waals surface area contributed by atoms with E-state index >= 15 is 0 Å². The highest BCUT2D eigenvalue weighted by atomic mass is 32.1. The van der Waals surface area contributed by atoms with Gasteiger partial charge in [0, 0.05) is 81.5 Å². The van der Waals surface area contributed by atoms with Crippen LogP contribution in [0.2, 0.25) is 0 Å². The van der Waals surface area contributed by atoms with Crippen LogP contribution >= 0.6 is 11.3 Å². The standard InChI is InChI=1S/C16H11N.C16H10O.C16H10S.C16H12.C13H11N.C13H8O2.C13H10O.C12H10/c3*1-2-6-12-11(5-1)9-10-15-16(12)13-7-3-4-8-14(13)17-15;1-2-6-13(7-3-1)16-11-10-14-8-4-5-9-15(14)12-16;1-3-7-12-10(5-1)9-11-6-2-4-8-13(11)14-12;14-13-11-7-2-1-5-9(11)10-6-3-4-8-12(10)15-13;1-2-6-11-10(5-1)9-14-13-8-4-3-7-12(11)13;1-3-7-11(8-4-1)12-9-5-2-6-10-12/h1-10,17H;2*1-10H;1-12H;1-8,14H,9H2;1-8H;1-8H,9H2;1-10H. The highest BCUT2D eigenvalue weighted by Gasteiger charge is 2.17. The Bertz CT molecular complexity index is 7350. The van der Waals surface area contributed by atoms with Crippen LogP contribution in [-0.2, 0) is 13.0 Å². The van der Waals surface area contributed by atoms with Crippen LogP contribution in [0.4, 0.5) is 11.4 Å². The molecule has 0 atom stereocenters. The molecular formula is C115H82N2O4S. The van der Waals surface area contributed by atoms with E-state index in [9.17, 15) is 4.79 Å². The lowest BCUT2D eigenvalue weighted by atomic mass is 9.97. The molecule has 6 nitrogen and oxygen atoms in total. The van der Waals surface area contributed by atoms with E-state index in [0.717, 1.165) is 34.1 Å². The number of hydrogen-bond donors (Lipinski definition) is 2. The Kier molecular flexibility index (Phi) is 22.3. The maximum Gasteiger partial charge on any atom is 0.344 e. The second kappa shape index (κ2) is 35.7. The lowest BCUT2D eigenvalue weighted by Gasteiger charge is -2.20. The number of anilines is 2. The van der Waals surface area contributed by atoms with Crippen molar-refractivity contribution in [1.29, 1.82) is 0 Å². The summed E-state index contributed by atoms with van der Waals surface area (Å²) in [5.74, 6) is 0.992. The average Bonchev–Trinajstić information content (AvgIpc) is 1.02. The number of aromatic amines is 1. The van der Waals surface area contributed by atoms with Gasteiger partial charge in [0.25, 0.3) is 0 Å². The van der Waals surface area contributed by atoms with Crippen LogP contribution < -0.4 is 15.7 Å². The van der Waals surface area contributed by atoms with Crippen molar-refractivity contribution in [3.63, 3.8) is 0 Å². The molecule has 0 spiro atoms. The second-order valence-electron chi connectivity index (χ2n) is 30.0. The highest BCUT2D eigenvalue weighted by molar-refractivity contribution is 7.26. The van der Waals surface area contributed by atoms with Crippen molar-refractivity contribution in [2.75, 3.05) is 5.32 Å². The molecule has 122 heavy (non-hydrogen) atoms. The van der Waals surface area contributed by atoms with E-state index in [1.807, 2.05) is 102 Å². The Balaban J connectivity index is 0.0000000920. The quantitative estimate of drug-likeness (QED) is 0.133. The van der Waals surface area contributed by atoms with Gasteiger partial charge in [-0.3, -0.25) is 0 Å². The number of rotatable bonds is 2. The summed E-state index contributed by atoms with van der Waals surface area (Å²) < 4.78 is 19.5. The minimum absolute atomic E-state index is 0.274. The molecule has 7 heteroatoms. The maximum atomic E-state index is 11.6. The Hall–Kier alpha value is -15.7. The topological polar surface area (TPSA) is 80.4 Å². The number of fused-ring (bicyclic) bond motifs is 24. The highest BCUT2D eigenvalue weighted by Crippen LogP contribution is 2.41. The third-order valence-electron chi connectivity index (χ3n) is 22.5. The molecule has 0 aliphatic carbocycles. The van der Waals surface area contributed by atoms with Crippen LogP contribution in [0.15, 0.2) is 475 Å². The predicted molar refractivity (Wildman–Crippen MR) is 518 cm³/mol. The molecule has 2 aliphatic rings. The SMILES string of the molecule is O=c1oc2ccccc2c2ccccc12.c1ccc(-c2ccc3ccccc3c2)cc1.c1ccc(-c2ccccc2)cc1.c1ccc2c(c1)COc1ccccc1-2.c1ccc2c(c1)Cc1ccccc1N2.c1ccc2c(c1)ccc1[nH]c3ccccc3c12.c1ccc2c(c1)ccc1oc3ccccc3c12.c1ccc2c(c1)ccc1sc3ccccc3c12. The van der Waals surface area contributed by atoms with Crippen molar-refractivity contribution < 1.29 is 13.6 Å². The number of ether oxygens (including phenoxy) is 1. The van der Waals surface area contributed by atoms with Gasteiger partial charge in [-0.05, 0) is 166 Å². The molecule has 2 N–H and O–H groups in total. The second-order valence-corrected chi connectivity index (χ2v) is 31.1. The number of furan rings is 1. The fraction of sp³-hybridized carbons (Fsp3) is 0.0174. The number of para-hydroxylation sites is 6. The molecule has 0 saturated carbocycles. The van der Waals surface area contributed by atoms with E-state index in [1.165, 1.54) is 157 Å². The largest absolute Gasteiger partial charge is 0.488 e. The molecular weight excluding hydrogens is 1510 g/mol. The first-order valence-corrected chi connectivity index (χ1v) is 42.0. The molecule has 0 unspecified atom stereocenters. The Labute approximate surface area is 710 Å². The summed E-state index contributed by atoms with van der Waals surface area (Å²) >= 11 is 1.88. The summed E-state index contributed by atoms with van der Waals surface area (Å²) in [4.78, 5) is 15.1. The summed E-state index contributed by atoms with van der Waals surface area (Å²) in [6.45, 7) is 0.688. The first kappa shape index (κ1) is 76.3. The van der Waals surface area contributed by atoms with E-state index in [1.54, 1.807) is 6.07 Å². The molecule has 20 aromatic carbocycles.